The fourth-order valence-electron chi connectivity index (χ4n) is 1.05. The first-order valence-corrected chi connectivity index (χ1v) is 5.66. The monoisotopic (exact) mass is 210 g/mol. The molecule has 0 N–H and O–H groups in total. The zero-order chi connectivity index (χ0) is 10.6. The van der Waals surface area contributed by atoms with E-state index < -0.39 is 0 Å². The fraction of sp³-hybridized carbons (Fsp3) is 0.400. The molecule has 3 nitrogen and oxygen atoms in total. The quantitative estimate of drug-likeness (QED) is 0.762. The third-order valence-corrected chi connectivity index (χ3v) is 2.97. The van der Waals surface area contributed by atoms with Crippen molar-refractivity contribution in [2.75, 3.05) is 18.2 Å². The van der Waals surface area contributed by atoms with Crippen LogP contribution in [0, 0.1) is 0 Å². The molecule has 0 saturated heterocycles. The van der Waals surface area contributed by atoms with E-state index in [1.165, 1.54) is 0 Å². The number of carbonyl (C=O) groups excluding carboxylic acids is 1. The molecule has 0 radical (unpaired) electrons. The lowest BCUT2D eigenvalue weighted by molar-refractivity contribution is -0.117. The first-order chi connectivity index (χ1) is 6.66. The standard InChI is InChI=1S/C10H14N2OS/c1-8(14-3)10(13)12(2)9-5-4-6-11-7-9/h4-8H,1-3H3. The molecule has 1 rings (SSSR count). The highest BCUT2D eigenvalue weighted by Gasteiger charge is 2.17. The lowest BCUT2D eigenvalue weighted by Gasteiger charge is -2.19. The molecule has 1 unspecified atom stereocenters. The van der Waals surface area contributed by atoms with Gasteiger partial charge in [-0.25, -0.2) is 0 Å². The first-order valence-electron chi connectivity index (χ1n) is 4.37. The summed E-state index contributed by atoms with van der Waals surface area (Å²) in [5.74, 6) is 0.102. The van der Waals surface area contributed by atoms with Gasteiger partial charge in [0.1, 0.15) is 0 Å². The van der Waals surface area contributed by atoms with Gasteiger partial charge < -0.3 is 4.90 Å². The van der Waals surface area contributed by atoms with E-state index in [9.17, 15) is 4.79 Å². The lowest BCUT2D eigenvalue weighted by atomic mass is 10.3. The van der Waals surface area contributed by atoms with E-state index >= 15 is 0 Å². The van der Waals surface area contributed by atoms with Crippen molar-refractivity contribution in [1.29, 1.82) is 0 Å². The Morgan fingerprint density at radius 1 is 1.64 bits per heavy atom. The van der Waals surface area contributed by atoms with Crippen LogP contribution in [0.2, 0.25) is 0 Å². The van der Waals surface area contributed by atoms with Gasteiger partial charge in [-0.3, -0.25) is 9.78 Å². The first kappa shape index (κ1) is 11.0. The average molecular weight is 210 g/mol. The molecule has 1 heterocycles. The molecule has 0 spiro atoms. The molecule has 14 heavy (non-hydrogen) atoms. The zero-order valence-electron chi connectivity index (χ0n) is 8.60. The number of pyridine rings is 1. The van der Waals surface area contributed by atoms with Crippen LogP contribution in [0.15, 0.2) is 24.5 Å². The number of nitrogens with zero attached hydrogens (tertiary/aromatic N) is 2. The number of hydrogen-bond acceptors (Lipinski definition) is 3. The summed E-state index contributed by atoms with van der Waals surface area (Å²) >= 11 is 1.54. The van der Waals surface area contributed by atoms with Crippen molar-refractivity contribution in [3.8, 4) is 0 Å². The Balaban J connectivity index is 2.76. The van der Waals surface area contributed by atoms with Crippen molar-refractivity contribution in [2.45, 2.75) is 12.2 Å². The Kier molecular flexibility index (Phi) is 3.95. The molecule has 0 fully saturated rings. The third kappa shape index (κ3) is 2.48. The number of hydrogen-bond donors (Lipinski definition) is 0. The second-order valence-corrected chi connectivity index (χ2v) is 4.16. The third-order valence-electron chi connectivity index (χ3n) is 2.07. The normalized spacial score (nSPS) is 12.2. The molecule has 0 saturated carbocycles. The van der Waals surface area contributed by atoms with Gasteiger partial charge >= 0.3 is 0 Å². The number of thioether (sulfide) groups is 1. The number of anilines is 1. The average Bonchev–Trinajstić information content (AvgIpc) is 2.27. The van der Waals surface area contributed by atoms with Crippen LogP contribution in [0.25, 0.3) is 0 Å². The Bertz CT molecular complexity index is 302. The summed E-state index contributed by atoms with van der Waals surface area (Å²) in [6.45, 7) is 1.90. The molecule has 1 amide bonds. The molecule has 76 valence electrons. The van der Waals surface area contributed by atoms with Crippen molar-refractivity contribution in [1.82, 2.24) is 4.98 Å². The van der Waals surface area contributed by atoms with Crippen LogP contribution in [-0.4, -0.2) is 29.4 Å². The van der Waals surface area contributed by atoms with Crippen LogP contribution >= 0.6 is 11.8 Å². The van der Waals surface area contributed by atoms with E-state index in [2.05, 4.69) is 4.98 Å². The van der Waals surface area contributed by atoms with Crippen LogP contribution in [0.4, 0.5) is 5.69 Å². The minimum atomic E-state index is -0.0137. The van der Waals surface area contributed by atoms with Gasteiger partial charge in [-0.05, 0) is 25.3 Å². The molecule has 1 atom stereocenters. The van der Waals surface area contributed by atoms with E-state index in [1.54, 1.807) is 36.1 Å². The van der Waals surface area contributed by atoms with Crippen LogP contribution < -0.4 is 4.90 Å². The summed E-state index contributed by atoms with van der Waals surface area (Å²) in [5.41, 5.74) is 0.832. The molecule has 1 aromatic rings. The predicted octanol–water partition coefficient (Wildman–Crippen LogP) is 1.80. The maximum atomic E-state index is 11.8. The fourth-order valence-corrected chi connectivity index (χ4v) is 1.41. The van der Waals surface area contributed by atoms with E-state index in [0.29, 0.717) is 0 Å². The molecular formula is C10H14N2OS. The number of carbonyl (C=O) groups is 1. The van der Waals surface area contributed by atoms with E-state index in [-0.39, 0.29) is 11.2 Å². The molecule has 0 aliphatic rings. The second-order valence-electron chi connectivity index (χ2n) is 2.99. The van der Waals surface area contributed by atoms with Gasteiger partial charge in [0.15, 0.2) is 0 Å². The van der Waals surface area contributed by atoms with Crippen molar-refractivity contribution < 1.29 is 4.79 Å². The number of aromatic nitrogens is 1. The van der Waals surface area contributed by atoms with Gasteiger partial charge in [0, 0.05) is 13.2 Å². The highest BCUT2D eigenvalue weighted by Crippen LogP contribution is 2.15. The van der Waals surface area contributed by atoms with Crippen LogP contribution in [0.5, 0.6) is 0 Å². The minimum Gasteiger partial charge on any atom is -0.313 e. The molecule has 0 aliphatic heterocycles. The Hall–Kier alpha value is -1.03. The summed E-state index contributed by atoms with van der Waals surface area (Å²) in [5, 5.41) is -0.0137. The summed E-state index contributed by atoms with van der Waals surface area (Å²) < 4.78 is 0. The van der Waals surface area contributed by atoms with Crippen LogP contribution in [0.1, 0.15) is 6.92 Å². The molecule has 0 aromatic carbocycles. The maximum absolute atomic E-state index is 11.8. The molecule has 0 aliphatic carbocycles. The minimum absolute atomic E-state index is 0.0137. The van der Waals surface area contributed by atoms with E-state index in [1.807, 2.05) is 25.3 Å². The van der Waals surface area contributed by atoms with E-state index in [0.717, 1.165) is 5.69 Å². The largest absolute Gasteiger partial charge is 0.313 e. The second kappa shape index (κ2) is 5.00. The number of amides is 1. The Morgan fingerprint density at radius 2 is 2.36 bits per heavy atom. The Labute approximate surface area is 88.5 Å². The highest BCUT2D eigenvalue weighted by atomic mass is 32.2. The highest BCUT2D eigenvalue weighted by molar-refractivity contribution is 7.99. The van der Waals surface area contributed by atoms with Crippen molar-refractivity contribution in [3.63, 3.8) is 0 Å². The van der Waals surface area contributed by atoms with Crippen molar-refractivity contribution in [2.24, 2.45) is 0 Å². The summed E-state index contributed by atoms with van der Waals surface area (Å²) in [4.78, 5) is 17.4. The summed E-state index contributed by atoms with van der Waals surface area (Å²) in [7, 11) is 1.77. The van der Waals surface area contributed by atoms with Crippen LogP contribution in [-0.2, 0) is 4.79 Å². The zero-order valence-corrected chi connectivity index (χ0v) is 9.41. The Morgan fingerprint density at radius 3 is 2.86 bits per heavy atom. The summed E-state index contributed by atoms with van der Waals surface area (Å²) in [6.07, 6.45) is 5.31. The van der Waals surface area contributed by atoms with E-state index in [4.69, 9.17) is 0 Å². The van der Waals surface area contributed by atoms with Gasteiger partial charge in [0.25, 0.3) is 0 Å². The predicted molar refractivity (Wildman–Crippen MR) is 60.6 cm³/mol. The lowest BCUT2D eigenvalue weighted by Crippen LogP contribution is -2.33. The summed E-state index contributed by atoms with van der Waals surface area (Å²) in [6, 6.07) is 3.70. The van der Waals surface area contributed by atoms with Crippen LogP contribution in [0.3, 0.4) is 0 Å². The molecular weight excluding hydrogens is 196 g/mol. The molecule has 4 heteroatoms. The van der Waals surface area contributed by atoms with Gasteiger partial charge in [0.05, 0.1) is 17.1 Å². The topological polar surface area (TPSA) is 33.2 Å². The van der Waals surface area contributed by atoms with Gasteiger partial charge in [-0.15, -0.1) is 0 Å². The molecule has 0 bridgehead atoms. The SMILES string of the molecule is CSC(C)C(=O)N(C)c1cccnc1. The maximum Gasteiger partial charge on any atom is 0.239 e. The van der Waals surface area contributed by atoms with Gasteiger partial charge in [-0.1, -0.05) is 0 Å². The van der Waals surface area contributed by atoms with Gasteiger partial charge in [-0.2, -0.15) is 11.8 Å². The van der Waals surface area contributed by atoms with Crippen molar-refractivity contribution >= 4 is 23.4 Å². The molecule has 1 aromatic heterocycles. The van der Waals surface area contributed by atoms with Gasteiger partial charge in [0.2, 0.25) is 5.91 Å². The van der Waals surface area contributed by atoms with Crippen molar-refractivity contribution in [3.05, 3.63) is 24.5 Å². The number of rotatable bonds is 3. The smallest absolute Gasteiger partial charge is 0.239 e.